The van der Waals surface area contributed by atoms with Gasteiger partial charge in [-0.05, 0) is 71.3 Å². The number of amides is 1. The summed E-state index contributed by atoms with van der Waals surface area (Å²) in [5.74, 6) is -0.0887. The second kappa shape index (κ2) is 10.5. The number of hydrogen-bond acceptors (Lipinski definition) is 3. The van der Waals surface area contributed by atoms with Crippen LogP contribution in [0.5, 0.6) is 0 Å². The molecule has 1 atom stereocenters. The van der Waals surface area contributed by atoms with Gasteiger partial charge in [-0.3, -0.25) is 4.79 Å². The SMILES string of the molecule is O=C(NC1CCCc2ccccc21)c1ccc(-c2ccc(S(=O)(=O)NCc3ccccc3)cc2)cc1. The number of sulfonamides is 1. The Hall–Kier alpha value is -3.74. The van der Waals surface area contributed by atoms with Crippen LogP contribution in [0.25, 0.3) is 11.1 Å². The average molecular weight is 497 g/mol. The zero-order chi connectivity index (χ0) is 25.0. The van der Waals surface area contributed by atoms with Gasteiger partial charge in [0.15, 0.2) is 0 Å². The van der Waals surface area contributed by atoms with Gasteiger partial charge in [-0.15, -0.1) is 0 Å². The van der Waals surface area contributed by atoms with Gasteiger partial charge in [-0.25, -0.2) is 13.1 Å². The molecule has 0 radical (unpaired) electrons. The van der Waals surface area contributed by atoms with Crippen LogP contribution in [0.1, 0.15) is 45.9 Å². The summed E-state index contributed by atoms with van der Waals surface area (Å²) in [6, 6.07) is 31.9. The van der Waals surface area contributed by atoms with Gasteiger partial charge >= 0.3 is 0 Å². The molecule has 1 aliphatic carbocycles. The minimum atomic E-state index is -3.61. The first kappa shape index (κ1) is 24.0. The first-order valence-electron chi connectivity index (χ1n) is 12.1. The van der Waals surface area contributed by atoms with E-state index >= 15 is 0 Å². The van der Waals surface area contributed by atoms with Crippen molar-refractivity contribution in [3.63, 3.8) is 0 Å². The first-order chi connectivity index (χ1) is 17.5. The molecule has 182 valence electrons. The molecule has 0 saturated heterocycles. The topological polar surface area (TPSA) is 75.3 Å². The van der Waals surface area contributed by atoms with Crippen molar-refractivity contribution in [1.29, 1.82) is 0 Å². The molecule has 1 aliphatic rings. The van der Waals surface area contributed by atoms with Crippen LogP contribution in [-0.2, 0) is 23.0 Å². The number of benzene rings is 4. The Balaban J connectivity index is 1.24. The minimum Gasteiger partial charge on any atom is -0.345 e. The maximum Gasteiger partial charge on any atom is 0.251 e. The van der Waals surface area contributed by atoms with E-state index in [0.717, 1.165) is 36.0 Å². The maximum absolute atomic E-state index is 12.9. The average Bonchev–Trinajstić information content (AvgIpc) is 2.93. The van der Waals surface area contributed by atoms with Gasteiger partial charge in [0.25, 0.3) is 5.91 Å². The molecule has 5 rings (SSSR count). The lowest BCUT2D eigenvalue weighted by Crippen LogP contribution is -2.30. The summed E-state index contributed by atoms with van der Waals surface area (Å²) in [6.07, 6.45) is 3.06. The van der Waals surface area contributed by atoms with E-state index in [4.69, 9.17) is 0 Å². The summed E-state index contributed by atoms with van der Waals surface area (Å²) < 4.78 is 28.0. The molecular formula is C30H28N2O3S. The molecule has 4 aromatic rings. The summed E-state index contributed by atoms with van der Waals surface area (Å²) >= 11 is 0. The zero-order valence-electron chi connectivity index (χ0n) is 19.9. The Labute approximate surface area is 212 Å². The minimum absolute atomic E-state index is 0.0344. The van der Waals surface area contributed by atoms with Gasteiger partial charge in [-0.1, -0.05) is 78.9 Å². The molecule has 0 saturated carbocycles. The summed E-state index contributed by atoms with van der Waals surface area (Å²) in [6.45, 7) is 0.237. The first-order valence-corrected chi connectivity index (χ1v) is 13.6. The van der Waals surface area contributed by atoms with Crippen LogP contribution in [0.4, 0.5) is 0 Å². The number of rotatable bonds is 7. The van der Waals surface area contributed by atoms with Crippen LogP contribution in [0, 0.1) is 0 Å². The van der Waals surface area contributed by atoms with E-state index in [0.29, 0.717) is 5.56 Å². The van der Waals surface area contributed by atoms with E-state index in [9.17, 15) is 13.2 Å². The van der Waals surface area contributed by atoms with Crippen molar-refractivity contribution in [2.45, 2.75) is 36.7 Å². The molecule has 0 aromatic heterocycles. The Bertz CT molecular complexity index is 1450. The summed E-state index contributed by atoms with van der Waals surface area (Å²) in [5.41, 5.74) is 5.81. The second-order valence-corrected chi connectivity index (χ2v) is 10.8. The van der Waals surface area contributed by atoms with E-state index in [1.54, 1.807) is 24.3 Å². The smallest absolute Gasteiger partial charge is 0.251 e. The molecule has 1 amide bonds. The molecule has 1 unspecified atom stereocenters. The van der Waals surface area contributed by atoms with E-state index < -0.39 is 10.0 Å². The number of fused-ring (bicyclic) bond motifs is 1. The molecule has 0 fully saturated rings. The van der Waals surface area contributed by atoms with Crippen LogP contribution in [-0.4, -0.2) is 14.3 Å². The number of carbonyl (C=O) groups is 1. The molecule has 5 nitrogen and oxygen atoms in total. The second-order valence-electron chi connectivity index (χ2n) is 9.03. The van der Waals surface area contributed by atoms with Crippen molar-refractivity contribution >= 4 is 15.9 Å². The number of hydrogen-bond donors (Lipinski definition) is 2. The molecule has 36 heavy (non-hydrogen) atoms. The lowest BCUT2D eigenvalue weighted by atomic mass is 9.87. The fourth-order valence-electron chi connectivity index (χ4n) is 4.64. The standard InChI is InChI=1S/C30H28N2O3S/c33-30(32-29-12-6-10-25-9-4-5-11-28(25)29)26-15-13-23(14-16-26)24-17-19-27(20-18-24)36(34,35)31-21-22-7-2-1-3-8-22/h1-5,7-9,11,13-20,29,31H,6,10,12,21H2,(H,32,33). The van der Waals surface area contributed by atoms with Gasteiger partial charge in [0.1, 0.15) is 0 Å². The lowest BCUT2D eigenvalue weighted by molar-refractivity contribution is 0.0932. The van der Waals surface area contributed by atoms with Crippen molar-refractivity contribution < 1.29 is 13.2 Å². The fraction of sp³-hybridized carbons (Fsp3) is 0.167. The predicted octanol–water partition coefficient (Wildman–Crippen LogP) is 5.64. The van der Waals surface area contributed by atoms with Gasteiger partial charge in [-0.2, -0.15) is 0 Å². The quantitative estimate of drug-likeness (QED) is 0.348. The Morgan fingerprint density at radius 3 is 2.14 bits per heavy atom. The van der Waals surface area contributed by atoms with E-state index in [1.807, 2.05) is 66.7 Å². The summed E-state index contributed by atoms with van der Waals surface area (Å²) in [7, 11) is -3.61. The van der Waals surface area contributed by atoms with Crippen molar-refractivity contribution in [2.24, 2.45) is 0 Å². The molecule has 0 heterocycles. The van der Waals surface area contributed by atoms with E-state index in [2.05, 4.69) is 22.2 Å². The highest BCUT2D eigenvalue weighted by molar-refractivity contribution is 7.89. The normalized spacial score (nSPS) is 15.2. The lowest BCUT2D eigenvalue weighted by Gasteiger charge is -2.26. The van der Waals surface area contributed by atoms with Gasteiger partial charge in [0.05, 0.1) is 10.9 Å². The predicted molar refractivity (Wildman–Crippen MR) is 142 cm³/mol. The highest BCUT2D eigenvalue weighted by Gasteiger charge is 2.22. The monoisotopic (exact) mass is 496 g/mol. The molecule has 0 bridgehead atoms. The van der Waals surface area contributed by atoms with E-state index in [-0.39, 0.29) is 23.4 Å². The third-order valence-corrected chi connectivity index (χ3v) is 8.05. The fourth-order valence-corrected chi connectivity index (χ4v) is 5.66. The van der Waals surface area contributed by atoms with E-state index in [1.165, 1.54) is 11.1 Å². The largest absolute Gasteiger partial charge is 0.345 e. The Kier molecular flexibility index (Phi) is 6.98. The van der Waals surface area contributed by atoms with Crippen LogP contribution < -0.4 is 10.0 Å². The van der Waals surface area contributed by atoms with Crippen molar-refractivity contribution in [3.8, 4) is 11.1 Å². The van der Waals surface area contributed by atoms with Crippen LogP contribution in [0.15, 0.2) is 108 Å². The van der Waals surface area contributed by atoms with Crippen LogP contribution in [0.2, 0.25) is 0 Å². The van der Waals surface area contributed by atoms with Gasteiger partial charge in [0.2, 0.25) is 10.0 Å². The molecule has 0 spiro atoms. The summed E-state index contributed by atoms with van der Waals surface area (Å²) in [5, 5.41) is 3.19. The molecule has 6 heteroatoms. The Morgan fingerprint density at radius 1 is 0.778 bits per heavy atom. The van der Waals surface area contributed by atoms with Crippen molar-refractivity contribution in [1.82, 2.24) is 10.0 Å². The van der Waals surface area contributed by atoms with Crippen molar-refractivity contribution in [3.05, 3.63) is 125 Å². The number of carbonyl (C=O) groups excluding carboxylic acids is 1. The van der Waals surface area contributed by atoms with Crippen molar-refractivity contribution in [2.75, 3.05) is 0 Å². The zero-order valence-corrected chi connectivity index (χ0v) is 20.7. The molecule has 0 aliphatic heterocycles. The third kappa shape index (κ3) is 5.40. The highest BCUT2D eigenvalue weighted by atomic mass is 32.2. The van der Waals surface area contributed by atoms with Crippen LogP contribution in [0.3, 0.4) is 0 Å². The molecule has 4 aromatic carbocycles. The van der Waals surface area contributed by atoms with Gasteiger partial charge < -0.3 is 5.32 Å². The third-order valence-electron chi connectivity index (χ3n) is 6.63. The highest BCUT2D eigenvalue weighted by Crippen LogP contribution is 2.30. The van der Waals surface area contributed by atoms with Gasteiger partial charge in [0, 0.05) is 12.1 Å². The molecular weight excluding hydrogens is 468 g/mol. The van der Waals surface area contributed by atoms with Crippen LogP contribution >= 0.6 is 0 Å². The maximum atomic E-state index is 12.9. The number of aryl methyl sites for hydroxylation is 1. The summed E-state index contributed by atoms with van der Waals surface area (Å²) in [4.78, 5) is 13.1. The molecule has 2 N–H and O–H groups in total. The Morgan fingerprint density at radius 2 is 1.42 bits per heavy atom. The number of nitrogens with one attached hydrogen (secondary N) is 2.